The first kappa shape index (κ1) is 14.5. The molecule has 1 saturated carbocycles. The van der Waals surface area contributed by atoms with Gasteiger partial charge in [0, 0.05) is 22.3 Å². The zero-order valence-corrected chi connectivity index (χ0v) is 12.3. The van der Waals surface area contributed by atoms with Gasteiger partial charge in [0.1, 0.15) is 0 Å². The fourth-order valence-corrected chi connectivity index (χ4v) is 3.78. The average Bonchev–Trinajstić information content (AvgIpc) is 2.84. The third kappa shape index (κ3) is 4.62. The van der Waals surface area contributed by atoms with Gasteiger partial charge in [0.2, 0.25) is 0 Å². The fourth-order valence-electron chi connectivity index (χ4n) is 2.82. The lowest BCUT2D eigenvalue weighted by Crippen LogP contribution is -2.33. The second-order valence-corrected chi connectivity index (χ2v) is 6.76. The van der Waals surface area contributed by atoms with Gasteiger partial charge in [-0.1, -0.05) is 19.3 Å². The lowest BCUT2D eigenvalue weighted by atomic mass is 9.84. The maximum absolute atomic E-state index is 10.6. The van der Waals surface area contributed by atoms with Crippen LogP contribution in [0.1, 0.15) is 48.8 Å². The average molecular weight is 281 g/mol. The highest BCUT2D eigenvalue weighted by Gasteiger charge is 2.19. The van der Waals surface area contributed by atoms with E-state index in [-0.39, 0.29) is 6.42 Å². The highest BCUT2D eigenvalue weighted by molar-refractivity contribution is 7.12. The summed E-state index contributed by atoms with van der Waals surface area (Å²) >= 11 is 1.61. The van der Waals surface area contributed by atoms with Crippen molar-refractivity contribution in [2.24, 2.45) is 5.92 Å². The van der Waals surface area contributed by atoms with Crippen molar-refractivity contribution >= 4 is 17.3 Å². The Morgan fingerprint density at radius 2 is 2.05 bits per heavy atom. The minimum absolute atomic E-state index is 0.142. The number of thiophene rings is 1. The molecule has 1 atom stereocenters. The Hall–Kier alpha value is -0.870. The van der Waals surface area contributed by atoms with Gasteiger partial charge in [-0.25, -0.2) is 0 Å². The van der Waals surface area contributed by atoms with Crippen molar-refractivity contribution in [2.75, 3.05) is 0 Å². The smallest absolute Gasteiger partial charge is 0.308 e. The normalized spacial score (nSPS) is 18.4. The van der Waals surface area contributed by atoms with E-state index in [4.69, 9.17) is 5.11 Å². The van der Waals surface area contributed by atoms with Gasteiger partial charge in [0.15, 0.2) is 0 Å². The summed E-state index contributed by atoms with van der Waals surface area (Å²) in [4.78, 5) is 12.8. The second kappa shape index (κ2) is 7.06. The summed E-state index contributed by atoms with van der Waals surface area (Å²) in [5.74, 6) is 0.0594. The van der Waals surface area contributed by atoms with Crippen molar-refractivity contribution in [3.8, 4) is 0 Å². The number of hydrogen-bond donors (Lipinski definition) is 2. The molecule has 1 aliphatic rings. The van der Waals surface area contributed by atoms with Gasteiger partial charge < -0.3 is 10.4 Å². The number of carboxylic acid groups (broad SMARTS) is 1. The van der Waals surface area contributed by atoms with E-state index in [9.17, 15) is 4.79 Å². The van der Waals surface area contributed by atoms with Gasteiger partial charge in [-0.05, 0) is 37.8 Å². The van der Waals surface area contributed by atoms with Gasteiger partial charge in [-0.2, -0.15) is 0 Å². The number of nitrogens with one attached hydrogen (secondary N) is 1. The number of rotatable bonds is 6. The Kier molecular flexibility index (Phi) is 5.40. The standard InChI is InChI=1S/C15H23NO2S/c1-11(12-5-3-2-4-6-12)16-10-14-8-7-13(19-14)9-15(17)18/h7-8,11-12,16H,2-6,9-10H2,1H3,(H,17,18)/t11-/m1/s1. The van der Waals surface area contributed by atoms with Crippen molar-refractivity contribution in [1.29, 1.82) is 0 Å². The molecule has 1 aromatic rings. The number of carbonyl (C=O) groups is 1. The van der Waals surface area contributed by atoms with E-state index < -0.39 is 5.97 Å². The third-order valence-electron chi connectivity index (χ3n) is 4.00. The number of hydrogen-bond acceptors (Lipinski definition) is 3. The Bertz CT molecular complexity index is 410. The molecule has 4 heteroatoms. The summed E-state index contributed by atoms with van der Waals surface area (Å²) < 4.78 is 0. The molecule has 1 aliphatic carbocycles. The van der Waals surface area contributed by atoms with Crippen LogP contribution in [-0.2, 0) is 17.8 Å². The summed E-state index contributed by atoms with van der Waals surface area (Å²) in [5.41, 5.74) is 0. The Labute approximate surface area is 119 Å². The Morgan fingerprint density at radius 1 is 1.37 bits per heavy atom. The van der Waals surface area contributed by atoms with E-state index in [0.29, 0.717) is 6.04 Å². The van der Waals surface area contributed by atoms with Crippen LogP contribution in [0.15, 0.2) is 12.1 Å². The molecular weight excluding hydrogens is 258 g/mol. The van der Waals surface area contributed by atoms with Gasteiger partial charge in [-0.15, -0.1) is 11.3 Å². The summed E-state index contributed by atoms with van der Waals surface area (Å²) in [5, 5.41) is 12.4. The van der Waals surface area contributed by atoms with Gasteiger partial charge in [0.25, 0.3) is 0 Å². The first-order valence-corrected chi connectivity index (χ1v) is 7.99. The Morgan fingerprint density at radius 3 is 2.74 bits per heavy atom. The molecule has 0 radical (unpaired) electrons. The van der Waals surface area contributed by atoms with Gasteiger partial charge >= 0.3 is 5.97 Å². The largest absolute Gasteiger partial charge is 0.481 e. The van der Waals surface area contributed by atoms with E-state index in [1.165, 1.54) is 37.0 Å². The molecule has 1 aromatic heterocycles. The van der Waals surface area contributed by atoms with Crippen LogP contribution in [0, 0.1) is 5.92 Å². The van der Waals surface area contributed by atoms with E-state index in [1.54, 1.807) is 11.3 Å². The zero-order valence-electron chi connectivity index (χ0n) is 11.5. The summed E-state index contributed by atoms with van der Waals surface area (Å²) in [6.45, 7) is 3.14. The van der Waals surface area contributed by atoms with Crippen LogP contribution in [0.4, 0.5) is 0 Å². The molecular formula is C15H23NO2S. The number of carboxylic acids is 1. The van der Waals surface area contributed by atoms with Crippen molar-refractivity contribution in [2.45, 2.75) is 58.0 Å². The SMILES string of the molecule is C[C@@H](NCc1ccc(CC(=O)O)s1)C1CCCCC1. The van der Waals surface area contributed by atoms with Gasteiger partial charge in [-0.3, -0.25) is 4.79 Å². The highest BCUT2D eigenvalue weighted by atomic mass is 32.1. The minimum Gasteiger partial charge on any atom is -0.481 e. The molecule has 3 nitrogen and oxygen atoms in total. The first-order chi connectivity index (χ1) is 9.15. The monoisotopic (exact) mass is 281 g/mol. The summed E-state index contributed by atoms with van der Waals surface area (Å²) in [6, 6.07) is 4.54. The molecule has 2 N–H and O–H groups in total. The predicted octanol–water partition coefficient (Wildman–Crippen LogP) is 3.43. The molecule has 0 unspecified atom stereocenters. The van der Waals surface area contributed by atoms with E-state index in [0.717, 1.165) is 17.3 Å². The fraction of sp³-hybridized carbons (Fsp3) is 0.667. The molecule has 0 bridgehead atoms. The second-order valence-electron chi connectivity index (χ2n) is 5.51. The molecule has 0 aromatic carbocycles. The van der Waals surface area contributed by atoms with Crippen molar-refractivity contribution in [3.63, 3.8) is 0 Å². The van der Waals surface area contributed by atoms with Crippen LogP contribution in [0.3, 0.4) is 0 Å². The molecule has 19 heavy (non-hydrogen) atoms. The van der Waals surface area contributed by atoms with Gasteiger partial charge in [0.05, 0.1) is 6.42 Å². The van der Waals surface area contributed by atoms with Crippen LogP contribution < -0.4 is 5.32 Å². The van der Waals surface area contributed by atoms with Crippen molar-refractivity contribution in [3.05, 3.63) is 21.9 Å². The predicted molar refractivity (Wildman–Crippen MR) is 78.5 cm³/mol. The summed E-state index contributed by atoms with van der Waals surface area (Å²) in [7, 11) is 0. The highest BCUT2D eigenvalue weighted by Crippen LogP contribution is 2.26. The van der Waals surface area contributed by atoms with Crippen LogP contribution in [0.25, 0.3) is 0 Å². The molecule has 0 saturated heterocycles. The minimum atomic E-state index is -0.753. The van der Waals surface area contributed by atoms with Crippen LogP contribution in [0.5, 0.6) is 0 Å². The maximum atomic E-state index is 10.6. The van der Waals surface area contributed by atoms with Crippen LogP contribution in [0.2, 0.25) is 0 Å². The van der Waals surface area contributed by atoms with Crippen LogP contribution >= 0.6 is 11.3 Å². The van der Waals surface area contributed by atoms with Crippen molar-refractivity contribution in [1.82, 2.24) is 5.32 Å². The third-order valence-corrected chi connectivity index (χ3v) is 5.08. The van der Waals surface area contributed by atoms with E-state index in [1.807, 2.05) is 12.1 Å². The summed E-state index contributed by atoms with van der Waals surface area (Å²) in [6.07, 6.45) is 6.98. The lowest BCUT2D eigenvalue weighted by Gasteiger charge is -2.28. The zero-order chi connectivity index (χ0) is 13.7. The molecule has 2 rings (SSSR count). The lowest BCUT2D eigenvalue weighted by molar-refractivity contribution is -0.136. The van der Waals surface area contributed by atoms with Crippen LogP contribution in [-0.4, -0.2) is 17.1 Å². The molecule has 0 spiro atoms. The molecule has 1 heterocycles. The Balaban J connectivity index is 1.77. The topological polar surface area (TPSA) is 49.3 Å². The van der Waals surface area contributed by atoms with Crippen molar-refractivity contribution < 1.29 is 9.90 Å². The maximum Gasteiger partial charge on any atom is 0.308 e. The van der Waals surface area contributed by atoms with E-state index in [2.05, 4.69) is 12.2 Å². The molecule has 0 aliphatic heterocycles. The molecule has 106 valence electrons. The quantitative estimate of drug-likeness (QED) is 0.840. The number of aliphatic carboxylic acids is 1. The molecule has 0 amide bonds. The first-order valence-electron chi connectivity index (χ1n) is 7.18. The van der Waals surface area contributed by atoms with E-state index >= 15 is 0 Å². The molecule has 1 fully saturated rings.